The third-order valence-electron chi connectivity index (χ3n) is 2.58. The number of hydrogen-bond donors (Lipinski definition) is 0. The first kappa shape index (κ1) is 15.3. The first-order valence-electron chi connectivity index (χ1n) is 5.69. The Morgan fingerprint density at radius 2 is 1.71 bits per heavy atom. The number of nitrogens with zero attached hydrogens (tertiary/aromatic N) is 2. The van der Waals surface area contributed by atoms with Gasteiger partial charge in [0, 0.05) is 28.4 Å². The Hall–Kier alpha value is -2.06. The lowest BCUT2D eigenvalue weighted by atomic mass is 10.2. The van der Waals surface area contributed by atoms with Gasteiger partial charge in [-0.05, 0) is 18.2 Å². The molecule has 21 heavy (non-hydrogen) atoms. The second-order valence-corrected chi connectivity index (χ2v) is 6.47. The fraction of sp³-hybridized carbons (Fsp3) is 0. The molecule has 0 N–H and O–H groups in total. The zero-order valence-electron chi connectivity index (χ0n) is 10.5. The molecule has 8 heteroatoms. The highest BCUT2D eigenvalue weighted by atomic mass is 79.9. The molecule has 0 spiro atoms. The number of nitro benzene ring substituents is 1. The van der Waals surface area contributed by atoms with Gasteiger partial charge in [0.2, 0.25) is 0 Å². The van der Waals surface area contributed by atoms with E-state index < -0.39 is 14.9 Å². The van der Waals surface area contributed by atoms with E-state index in [1.54, 1.807) is 24.3 Å². The Labute approximate surface area is 129 Å². The number of nitro groups is 1. The van der Waals surface area contributed by atoms with Gasteiger partial charge in [0.05, 0.1) is 9.82 Å². The van der Waals surface area contributed by atoms with Crippen LogP contribution < -0.4 is 0 Å². The van der Waals surface area contributed by atoms with Gasteiger partial charge in [-0.25, -0.2) is 0 Å². The highest BCUT2D eigenvalue weighted by molar-refractivity contribution is 9.10. The number of benzene rings is 2. The van der Waals surface area contributed by atoms with Crippen molar-refractivity contribution in [3.63, 3.8) is 0 Å². The van der Waals surface area contributed by atoms with Gasteiger partial charge in [-0.2, -0.15) is 12.8 Å². The van der Waals surface area contributed by atoms with Gasteiger partial charge in [0.1, 0.15) is 0 Å². The molecule has 0 heterocycles. The van der Waals surface area contributed by atoms with Crippen LogP contribution in [0.4, 0.5) is 5.69 Å². The standard InChI is InChI=1S/C13H9BrN2O4S/c14-13-4-2-1-3-10(13)9-15-21(19,20)12-7-5-11(6-8-12)16(17)18/h1-9H/b15-9+. The van der Waals surface area contributed by atoms with Crippen LogP contribution in [0.1, 0.15) is 5.56 Å². The largest absolute Gasteiger partial charge is 0.282 e. The first-order valence-corrected chi connectivity index (χ1v) is 7.93. The normalized spacial score (nSPS) is 11.7. The molecule has 0 saturated carbocycles. The summed E-state index contributed by atoms with van der Waals surface area (Å²) in [6, 6.07) is 11.6. The zero-order valence-corrected chi connectivity index (χ0v) is 12.9. The Morgan fingerprint density at radius 1 is 1.10 bits per heavy atom. The fourth-order valence-electron chi connectivity index (χ4n) is 1.51. The minimum absolute atomic E-state index is 0.101. The minimum atomic E-state index is -3.89. The van der Waals surface area contributed by atoms with E-state index in [2.05, 4.69) is 20.3 Å². The highest BCUT2D eigenvalue weighted by Crippen LogP contribution is 2.18. The summed E-state index contributed by atoms with van der Waals surface area (Å²) in [6.45, 7) is 0. The highest BCUT2D eigenvalue weighted by Gasteiger charge is 2.14. The van der Waals surface area contributed by atoms with E-state index in [4.69, 9.17) is 0 Å². The average Bonchev–Trinajstić information content (AvgIpc) is 2.46. The van der Waals surface area contributed by atoms with Crippen molar-refractivity contribution in [1.29, 1.82) is 0 Å². The second kappa shape index (κ2) is 6.15. The summed E-state index contributed by atoms with van der Waals surface area (Å²) in [5.41, 5.74) is 0.437. The third-order valence-corrected chi connectivity index (χ3v) is 4.55. The van der Waals surface area contributed by atoms with Gasteiger partial charge in [-0.1, -0.05) is 34.1 Å². The van der Waals surface area contributed by atoms with Crippen LogP contribution in [-0.4, -0.2) is 19.6 Å². The maximum atomic E-state index is 12.0. The summed E-state index contributed by atoms with van der Waals surface area (Å²) in [5, 5.41) is 10.5. The van der Waals surface area contributed by atoms with Gasteiger partial charge in [0.15, 0.2) is 0 Å². The number of non-ortho nitro benzene ring substituents is 1. The van der Waals surface area contributed by atoms with E-state index in [0.29, 0.717) is 10.0 Å². The van der Waals surface area contributed by atoms with Crippen LogP contribution in [0.3, 0.4) is 0 Å². The number of rotatable bonds is 4. The molecule has 0 amide bonds. The van der Waals surface area contributed by atoms with Gasteiger partial charge < -0.3 is 0 Å². The maximum absolute atomic E-state index is 12.0. The van der Waals surface area contributed by atoms with Crippen molar-refractivity contribution in [1.82, 2.24) is 0 Å². The topological polar surface area (TPSA) is 89.6 Å². The molecule has 0 fully saturated rings. The predicted octanol–water partition coefficient (Wildman–Crippen LogP) is 3.17. The number of hydrogen-bond acceptors (Lipinski definition) is 4. The van der Waals surface area contributed by atoms with Crippen molar-refractivity contribution in [3.8, 4) is 0 Å². The monoisotopic (exact) mass is 368 g/mol. The van der Waals surface area contributed by atoms with E-state index in [9.17, 15) is 18.5 Å². The fourth-order valence-corrected chi connectivity index (χ4v) is 2.75. The summed E-state index contributed by atoms with van der Waals surface area (Å²) in [4.78, 5) is 9.83. The molecule has 0 aliphatic heterocycles. The third kappa shape index (κ3) is 3.73. The van der Waals surface area contributed by atoms with E-state index in [-0.39, 0.29) is 10.6 Å². The maximum Gasteiger partial charge on any atom is 0.282 e. The smallest absolute Gasteiger partial charge is 0.258 e. The van der Waals surface area contributed by atoms with Crippen molar-refractivity contribution in [2.45, 2.75) is 4.90 Å². The minimum Gasteiger partial charge on any atom is -0.258 e. The van der Waals surface area contributed by atoms with Crippen molar-refractivity contribution < 1.29 is 13.3 Å². The molecule has 0 saturated heterocycles. The van der Waals surface area contributed by atoms with E-state index in [0.717, 1.165) is 24.3 Å². The summed E-state index contributed by atoms with van der Waals surface area (Å²) < 4.78 is 28.3. The average molecular weight is 369 g/mol. The van der Waals surface area contributed by atoms with Crippen LogP contribution in [0.2, 0.25) is 0 Å². The molecule has 2 aromatic rings. The Bertz CT molecular complexity index is 801. The Balaban J connectivity index is 2.30. The molecule has 2 rings (SSSR count). The van der Waals surface area contributed by atoms with Crippen LogP contribution in [0.25, 0.3) is 0 Å². The van der Waals surface area contributed by atoms with Gasteiger partial charge >= 0.3 is 0 Å². The molecule has 0 atom stereocenters. The van der Waals surface area contributed by atoms with Crippen LogP contribution in [-0.2, 0) is 10.0 Å². The summed E-state index contributed by atoms with van der Waals surface area (Å²) in [7, 11) is -3.89. The molecule has 108 valence electrons. The quantitative estimate of drug-likeness (QED) is 0.470. The Morgan fingerprint density at radius 3 is 2.29 bits per heavy atom. The van der Waals surface area contributed by atoms with Gasteiger partial charge in [-0.15, -0.1) is 0 Å². The first-order chi connectivity index (χ1) is 9.90. The van der Waals surface area contributed by atoms with Crippen LogP contribution >= 0.6 is 15.9 Å². The van der Waals surface area contributed by atoms with Crippen LogP contribution in [0.5, 0.6) is 0 Å². The predicted molar refractivity (Wildman–Crippen MR) is 82.0 cm³/mol. The van der Waals surface area contributed by atoms with Crippen molar-refractivity contribution in [2.24, 2.45) is 4.40 Å². The summed E-state index contributed by atoms with van der Waals surface area (Å²) in [5.74, 6) is 0. The lowest BCUT2D eigenvalue weighted by molar-refractivity contribution is -0.384. The molecule has 0 aromatic heterocycles. The molecule has 0 unspecified atom stereocenters. The number of sulfonamides is 1. The molecule has 0 aliphatic rings. The molecular weight excluding hydrogens is 360 g/mol. The van der Waals surface area contributed by atoms with Gasteiger partial charge in [-0.3, -0.25) is 10.1 Å². The Kier molecular flexibility index (Phi) is 4.49. The van der Waals surface area contributed by atoms with Crippen molar-refractivity contribution in [3.05, 3.63) is 68.7 Å². The summed E-state index contributed by atoms with van der Waals surface area (Å²) in [6.07, 6.45) is 1.22. The summed E-state index contributed by atoms with van der Waals surface area (Å²) >= 11 is 3.28. The zero-order chi connectivity index (χ0) is 15.5. The SMILES string of the molecule is O=[N+]([O-])c1ccc(S(=O)(=O)/N=C/c2ccccc2Br)cc1. The van der Waals surface area contributed by atoms with Crippen LogP contribution in [0.15, 0.2) is 62.3 Å². The molecule has 6 nitrogen and oxygen atoms in total. The van der Waals surface area contributed by atoms with Crippen LogP contribution in [0, 0.1) is 10.1 Å². The molecule has 2 aromatic carbocycles. The van der Waals surface area contributed by atoms with Crippen molar-refractivity contribution in [2.75, 3.05) is 0 Å². The lowest BCUT2D eigenvalue weighted by Gasteiger charge is -1.99. The van der Waals surface area contributed by atoms with E-state index >= 15 is 0 Å². The number of halogens is 1. The molecule has 0 bridgehead atoms. The van der Waals surface area contributed by atoms with E-state index in [1.807, 2.05) is 0 Å². The second-order valence-electron chi connectivity index (χ2n) is 3.98. The molecular formula is C13H9BrN2O4S. The van der Waals surface area contributed by atoms with Crippen molar-refractivity contribution >= 4 is 37.9 Å². The molecule has 0 aliphatic carbocycles. The lowest BCUT2D eigenvalue weighted by Crippen LogP contribution is -1.98. The molecule has 0 radical (unpaired) electrons. The van der Waals surface area contributed by atoms with Gasteiger partial charge in [0.25, 0.3) is 15.7 Å². The van der Waals surface area contributed by atoms with E-state index in [1.165, 1.54) is 6.21 Å².